The normalized spacial score (nSPS) is 23.6. The van der Waals surface area contributed by atoms with E-state index < -0.39 is 0 Å². The lowest BCUT2D eigenvalue weighted by atomic mass is 10.1. The Morgan fingerprint density at radius 3 is 2.94 bits per heavy atom. The van der Waals surface area contributed by atoms with Crippen molar-refractivity contribution in [3.63, 3.8) is 0 Å². The van der Waals surface area contributed by atoms with Crippen LogP contribution < -0.4 is 5.32 Å². The highest BCUT2D eigenvalue weighted by molar-refractivity contribution is 6.17. The number of alkyl halides is 1. The highest BCUT2D eigenvalue weighted by atomic mass is 35.5. The van der Waals surface area contributed by atoms with Crippen LogP contribution in [0.3, 0.4) is 0 Å². The number of halogens is 1. The number of ether oxygens (including phenoxy) is 1. The Kier molecular flexibility index (Phi) is 4.02. The van der Waals surface area contributed by atoms with Gasteiger partial charge in [-0.05, 0) is 25.0 Å². The number of para-hydroxylation sites is 1. The quantitative estimate of drug-likeness (QED) is 0.842. The van der Waals surface area contributed by atoms with Gasteiger partial charge in [0.2, 0.25) is 5.91 Å². The molecule has 2 unspecified atom stereocenters. The molecule has 4 heteroatoms. The van der Waals surface area contributed by atoms with Crippen LogP contribution in [0.1, 0.15) is 18.9 Å². The van der Waals surface area contributed by atoms with Gasteiger partial charge in [-0.2, -0.15) is 0 Å². The number of hydrogen-bond donors (Lipinski definition) is 1. The van der Waals surface area contributed by atoms with Crippen LogP contribution in [-0.4, -0.2) is 18.6 Å². The molecule has 17 heavy (non-hydrogen) atoms. The smallest absolute Gasteiger partial charge is 0.229 e. The maximum Gasteiger partial charge on any atom is 0.229 e. The van der Waals surface area contributed by atoms with E-state index in [1.807, 2.05) is 31.2 Å². The van der Waals surface area contributed by atoms with E-state index in [0.29, 0.717) is 12.5 Å². The lowest BCUT2D eigenvalue weighted by Gasteiger charge is -2.12. The summed E-state index contributed by atoms with van der Waals surface area (Å²) in [6.07, 6.45) is 0.962. The van der Waals surface area contributed by atoms with Crippen LogP contribution in [0.2, 0.25) is 0 Å². The van der Waals surface area contributed by atoms with Gasteiger partial charge in [-0.25, -0.2) is 0 Å². The Morgan fingerprint density at radius 2 is 2.29 bits per heavy atom. The molecule has 1 amide bonds. The zero-order valence-electron chi connectivity index (χ0n) is 9.78. The zero-order chi connectivity index (χ0) is 12.3. The molecule has 0 bridgehead atoms. The van der Waals surface area contributed by atoms with Crippen molar-refractivity contribution in [3.8, 4) is 0 Å². The summed E-state index contributed by atoms with van der Waals surface area (Å²) in [5.74, 6) is 0.369. The fourth-order valence-corrected chi connectivity index (χ4v) is 2.23. The van der Waals surface area contributed by atoms with Crippen LogP contribution in [0, 0.1) is 5.92 Å². The molecular formula is C13H16ClNO2. The summed E-state index contributed by atoms with van der Waals surface area (Å²) in [6.45, 7) is 2.50. The molecule has 0 aliphatic carbocycles. The van der Waals surface area contributed by atoms with E-state index >= 15 is 0 Å². The summed E-state index contributed by atoms with van der Waals surface area (Å²) in [5, 5.41) is 2.92. The van der Waals surface area contributed by atoms with Gasteiger partial charge in [0.05, 0.1) is 18.6 Å². The average Bonchev–Trinajstić information content (AvgIpc) is 2.77. The van der Waals surface area contributed by atoms with Crippen LogP contribution >= 0.6 is 11.6 Å². The molecule has 1 N–H and O–H groups in total. The lowest BCUT2D eigenvalue weighted by molar-refractivity contribution is -0.119. The summed E-state index contributed by atoms with van der Waals surface area (Å²) < 4.78 is 5.39. The first-order chi connectivity index (χ1) is 8.20. The zero-order valence-corrected chi connectivity index (χ0v) is 10.5. The Hall–Kier alpha value is -1.06. The third-order valence-electron chi connectivity index (χ3n) is 2.99. The van der Waals surface area contributed by atoms with Crippen molar-refractivity contribution in [1.82, 2.24) is 0 Å². The molecule has 0 radical (unpaired) electrons. The maximum absolute atomic E-state index is 12.0. The minimum atomic E-state index is -0.0478. The van der Waals surface area contributed by atoms with E-state index in [2.05, 4.69) is 5.32 Å². The van der Waals surface area contributed by atoms with Crippen molar-refractivity contribution >= 4 is 23.2 Å². The van der Waals surface area contributed by atoms with Crippen LogP contribution in [0.15, 0.2) is 24.3 Å². The first-order valence-electron chi connectivity index (χ1n) is 5.77. The van der Waals surface area contributed by atoms with Crippen molar-refractivity contribution in [2.75, 3.05) is 11.9 Å². The number of carbonyl (C=O) groups is 1. The number of amides is 1. The molecule has 1 fully saturated rings. The molecule has 1 aliphatic rings. The minimum absolute atomic E-state index is 0.0203. The summed E-state index contributed by atoms with van der Waals surface area (Å²) in [6, 6.07) is 7.58. The predicted molar refractivity (Wildman–Crippen MR) is 68.1 cm³/mol. The first-order valence-corrected chi connectivity index (χ1v) is 6.30. The summed E-state index contributed by atoms with van der Waals surface area (Å²) in [4.78, 5) is 12.0. The number of benzene rings is 1. The maximum atomic E-state index is 12.0. The number of anilines is 1. The van der Waals surface area contributed by atoms with Gasteiger partial charge < -0.3 is 10.1 Å². The minimum Gasteiger partial charge on any atom is -0.378 e. The monoisotopic (exact) mass is 253 g/mol. The van der Waals surface area contributed by atoms with E-state index in [1.54, 1.807) is 0 Å². The van der Waals surface area contributed by atoms with Gasteiger partial charge in [0, 0.05) is 11.6 Å². The fourth-order valence-electron chi connectivity index (χ4n) is 1.99. The molecular weight excluding hydrogens is 238 g/mol. The van der Waals surface area contributed by atoms with Gasteiger partial charge in [-0.15, -0.1) is 11.6 Å². The molecule has 1 aliphatic heterocycles. The highest BCUT2D eigenvalue weighted by Crippen LogP contribution is 2.23. The SMILES string of the molecule is CC1CC(C(=O)Nc2ccccc2CCl)CO1. The molecule has 1 aromatic rings. The standard InChI is InChI=1S/C13H16ClNO2/c1-9-6-11(8-17-9)13(16)15-12-5-3-2-4-10(12)7-14/h2-5,9,11H,6-8H2,1H3,(H,15,16). The van der Waals surface area contributed by atoms with Gasteiger partial charge in [-0.1, -0.05) is 18.2 Å². The fraction of sp³-hybridized carbons (Fsp3) is 0.462. The Labute approximate surface area is 106 Å². The molecule has 1 aromatic carbocycles. The number of carbonyl (C=O) groups excluding carboxylic acids is 1. The van der Waals surface area contributed by atoms with Gasteiger partial charge in [0.1, 0.15) is 0 Å². The molecule has 0 aromatic heterocycles. The van der Waals surface area contributed by atoms with Crippen molar-refractivity contribution in [1.29, 1.82) is 0 Å². The number of nitrogens with one attached hydrogen (secondary N) is 1. The molecule has 0 saturated carbocycles. The summed E-state index contributed by atoms with van der Waals surface area (Å²) in [5.41, 5.74) is 1.74. The third kappa shape index (κ3) is 2.99. The van der Waals surface area contributed by atoms with Crippen LogP contribution in [-0.2, 0) is 15.4 Å². The van der Waals surface area contributed by atoms with Crippen molar-refractivity contribution in [2.24, 2.45) is 5.92 Å². The first kappa shape index (κ1) is 12.4. The van der Waals surface area contributed by atoms with Crippen LogP contribution in [0.5, 0.6) is 0 Å². The topological polar surface area (TPSA) is 38.3 Å². The van der Waals surface area contributed by atoms with Crippen LogP contribution in [0.4, 0.5) is 5.69 Å². The second-order valence-electron chi connectivity index (χ2n) is 4.36. The van der Waals surface area contributed by atoms with Crippen molar-refractivity contribution in [3.05, 3.63) is 29.8 Å². The van der Waals surface area contributed by atoms with Gasteiger partial charge in [-0.3, -0.25) is 4.79 Å². The molecule has 92 valence electrons. The van der Waals surface area contributed by atoms with E-state index in [4.69, 9.17) is 16.3 Å². The van der Waals surface area contributed by atoms with E-state index in [1.165, 1.54) is 0 Å². The summed E-state index contributed by atoms with van der Waals surface area (Å²) >= 11 is 5.82. The number of hydrogen-bond acceptors (Lipinski definition) is 2. The Bertz CT molecular complexity index is 408. The van der Waals surface area contributed by atoms with Crippen molar-refractivity contribution < 1.29 is 9.53 Å². The Balaban J connectivity index is 2.03. The average molecular weight is 254 g/mol. The second-order valence-corrected chi connectivity index (χ2v) is 4.62. The van der Waals surface area contributed by atoms with Gasteiger partial charge in [0.25, 0.3) is 0 Å². The van der Waals surface area contributed by atoms with E-state index in [-0.39, 0.29) is 17.9 Å². The van der Waals surface area contributed by atoms with Crippen LogP contribution in [0.25, 0.3) is 0 Å². The van der Waals surface area contributed by atoms with E-state index in [9.17, 15) is 4.79 Å². The second kappa shape index (κ2) is 5.52. The third-order valence-corrected chi connectivity index (χ3v) is 3.28. The molecule has 0 spiro atoms. The Morgan fingerprint density at radius 1 is 1.53 bits per heavy atom. The van der Waals surface area contributed by atoms with Gasteiger partial charge in [0.15, 0.2) is 0 Å². The largest absolute Gasteiger partial charge is 0.378 e. The molecule has 1 saturated heterocycles. The molecule has 2 atom stereocenters. The number of rotatable bonds is 3. The van der Waals surface area contributed by atoms with E-state index in [0.717, 1.165) is 17.7 Å². The molecule has 1 heterocycles. The summed E-state index contributed by atoms with van der Waals surface area (Å²) in [7, 11) is 0. The molecule has 2 rings (SSSR count). The highest BCUT2D eigenvalue weighted by Gasteiger charge is 2.28. The van der Waals surface area contributed by atoms with Gasteiger partial charge >= 0.3 is 0 Å². The van der Waals surface area contributed by atoms with Crippen molar-refractivity contribution in [2.45, 2.75) is 25.3 Å². The molecule has 3 nitrogen and oxygen atoms in total. The lowest BCUT2D eigenvalue weighted by Crippen LogP contribution is -2.23. The predicted octanol–water partition coefficient (Wildman–Crippen LogP) is 2.79.